The normalized spacial score (nSPS) is 14.4. The van der Waals surface area contributed by atoms with E-state index in [1.165, 1.54) is 0 Å². The number of hydrogen-bond acceptors (Lipinski definition) is 2. The third kappa shape index (κ3) is 3.39. The van der Waals surface area contributed by atoms with E-state index in [4.69, 9.17) is 11.6 Å². The zero-order chi connectivity index (χ0) is 18.4. The minimum atomic E-state index is -3.83. The maximum atomic E-state index is 14.5. The summed E-state index contributed by atoms with van der Waals surface area (Å²) in [6.45, 7) is 1.87. The van der Waals surface area contributed by atoms with Crippen molar-refractivity contribution >= 4 is 32.6 Å². The van der Waals surface area contributed by atoms with Crippen molar-refractivity contribution in [2.24, 2.45) is 0 Å². The molecule has 0 fully saturated rings. The van der Waals surface area contributed by atoms with Crippen LogP contribution in [-0.2, 0) is 9.84 Å². The second-order valence-electron chi connectivity index (χ2n) is 6.00. The van der Waals surface area contributed by atoms with E-state index in [9.17, 15) is 17.2 Å². The Balaban J connectivity index is 2.18. The molecule has 2 aromatic rings. The van der Waals surface area contributed by atoms with Gasteiger partial charge in [0, 0.05) is 16.8 Å². The number of rotatable bonds is 3. The summed E-state index contributed by atoms with van der Waals surface area (Å²) in [5, 5.41) is 0.627. The van der Waals surface area contributed by atoms with Gasteiger partial charge in [0.1, 0.15) is 16.5 Å². The zero-order valence-electron chi connectivity index (χ0n) is 13.6. The van der Waals surface area contributed by atoms with Crippen LogP contribution in [0, 0.1) is 18.6 Å². The topological polar surface area (TPSA) is 34.1 Å². The van der Waals surface area contributed by atoms with Crippen LogP contribution in [0.5, 0.6) is 0 Å². The molecule has 25 heavy (non-hydrogen) atoms. The van der Waals surface area contributed by atoms with Crippen molar-refractivity contribution in [1.82, 2.24) is 0 Å². The molecule has 0 spiro atoms. The Kier molecular flexibility index (Phi) is 4.56. The lowest BCUT2D eigenvalue weighted by Crippen LogP contribution is -2.04. The highest BCUT2D eigenvalue weighted by molar-refractivity contribution is 7.90. The molecular formula is C19H15ClF2O2S. The molecule has 0 N–H and O–H groups in total. The third-order valence-electron chi connectivity index (χ3n) is 4.15. The smallest absolute Gasteiger partial charge is 0.178 e. The maximum absolute atomic E-state index is 14.5. The largest absolute Gasteiger partial charge is 0.224 e. The van der Waals surface area contributed by atoms with Crippen LogP contribution in [-0.4, -0.2) is 14.7 Å². The van der Waals surface area contributed by atoms with Gasteiger partial charge in [-0.05, 0) is 59.9 Å². The van der Waals surface area contributed by atoms with Crippen molar-refractivity contribution in [3.63, 3.8) is 0 Å². The zero-order valence-corrected chi connectivity index (χ0v) is 15.2. The van der Waals surface area contributed by atoms with Gasteiger partial charge in [-0.15, -0.1) is 0 Å². The molecular weight excluding hydrogens is 366 g/mol. The van der Waals surface area contributed by atoms with Gasteiger partial charge in [0.2, 0.25) is 0 Å². The average molecular weight is 381 g/mol. The first-order valence-corrected chi connectivity index (χ1v) is 9.81. The van der Waals surface area contributed by atoms with E-state index in [-0.39, 0.29) is 5.56 Å². The van der Waals surface area contributed by atoms with E-state index >= 15 is 0 Å². The highest BCUT2D eigenvalue weighted by Crippen LogP contribution is 2.38. The fourth-order valence-electron chi connectivity index (χ4n) is 2.89. The number of sulfone groups is 1. The molecule has 0 aromatic heterocycles. The summed E-state index contributed by atoms with van der Waals surface area (Å²) in [6.07, 6.45) is 4.99. The van der Waals surface area contributed by atoms with E-state index in [0.717, 1.165) is 35.1 Å². The SMILES string of the molecule is Cc1cc(C2=C(c3cc(F)c(S(C)(=O)=O)cc3F)CC=C2)ccc1Cl. The Bertz CT molecular complexity index is 1040. The molecule has 0 atom stereocenters. The van der Waals surface area contributed by atoms with Gasteiger partial charge < -0.3 is 0 Å². The van der Waals surface area contributed by atoms with Gasteiger partial charge in [0.15, 0.2) is 9.84 Å². The van der Waals surface area contributed by atoms with E-state index in [1.807, 2.05) is 31.2 Å². The molecule has 2 nitrogen and oxygen atoms in total. The van der Waals surface area contributed by atoms with Crippen LogP contribution in [0.25, 0.3) is 11.1 Å². The molecule has 130 valence electrons. The van der Waals surface area contributed by atoms with Gasteiger partial charge in [-0.2, -0.15) is 0 Å². The van der Waals surface area contributed by atoms with Gasteiger partial charge in [-0.25, -0.2) is 17.2 Å². The lowest BCUT2D eigenvalue weighted by molar-refractivity contribution is 0.554. The molecule has 0 amide bonds. The van der Waals surface area contributed by atoms with Gasteiger partial charge in [0.05, 0.1) is 0 Å². The fraction of sp³-hybridized carbons (Fsp3) is 0.158. The lowest BCUT2D eigenvalue weighted by Gasteiger charge is -2.12. The Hall–Kier alpha value is -1.98. The first-order chi connectivity index (χ1) is 11.7. The van der Waals surface area contributed by atoms with E-state index in [2.05, 4.69) is 0 Å². The van der Waals surface area contributed by atoms with Crippen molar-refractivity contribution in [3.8, 4) is 0 Å². The molecule has 2 aromatic carbocycles. The Labute approximate surface area is 150 Å². The van der Waals surface area contributed by atoms with E-state index < -0.39 is 26.4 Å². The molecule has 0 unspecified atom stereocenters. The first-order valence-electron chi connectivity index (χ1n) is 7.54. The van der Waals surface area contributed by atoms with E-state index in [0.29, 0.717) is 17.0 Å². The highest BCUT2D eigenvalue weighted by Gasteiger charge is 2.22. The van der Waals surface area contributed by atoms with Gasteiger partial charge in [-0.3, -0.25) is 0 Å². The summed E-state index contributed by atoms with van der Waals surface area (Å²) < 4.78 is 51.9. The highest BCUT2D eigenvalue weighted by atomic mass is 35.5. The molecule has 0 saturated carbocycles. The summed E-state index contributed by atoms with van der Waals surface area (Å²) in [4.78, 5) is -0.635. The predicted octanol–water partition coefficient (Wildman–Crippen LogP) is 5.20. The Morgan fingerprint density at radius 2 is 1.80 bits per heavy atom. The quantitative estimate of drug-likeness (QED) is 0.733. The number of benzene rings is 2. The first kappa shape index (κ1) is 17.8. The van der Waals surface area contributed by atoms with Crippen LogP contribution in [0.1, 0.15) is 23.1 Å². The van der Waals surface area contributed by atoms with Crippen LogP contribution >= 0.6 is 11.6 Å². The Morgan fingerprint density at radius 1 is 1.08 bits per heavy atom. The second-order valence-corrected chi connectivity index (χ2v) is 8.39. The molecule has 1 aliphatic carbocycles. The lowest BCUT2D eigenvalue weighted by atomic mass is 9.95. The molecule has 6 heteroatoms. The second kappa shape index (κ2) is 6.39. The number of halogens is 3. The third-order valence-corrected chi connectivity index (χ3v) is 5.68. The maximum Gasteiger partial charge on any atom is 0.178 e. The summed E-state index contributed by atoms with van der Waals surface area (Å²) in [5.74, 6) is -1.71. The fourth-order valence-corrected chi connectivity index (χ4v) is 3.74. The van der Waals surface area contributed by atoms with Crippen LogP contribution in [0.2, 0.25) is 5.02 Å². The molecule has 0 bridgehead atoms. The van der Waals surface area contributed by atoms with Crippen LogP contribution in [0.3, 0.4) is 0 Å². The Morgan fingerprint density at radius 3 is 2.44 bits per heavy atom. The summed E-state index contributed by atoms with van der Waals surface area (Å²) in [6, 6.07) is 7.16. The molecule has 0 heterocycles. The van der Waals surface area contributed by atoms with Gasteiger partial charge in [-0.1, -0.05) is 29.8 Å². The standard InChI is InChI=1S/C19H15ClF2O2S/c1-11-8-12(6-7-16(11)20)13-4-3-5-14(13)15-9-18(22)19(10-17(15)21)25(2,23)24/h3-4,6-10H,5H2,1-2H3. The number of aryl methyl sites for hydroxylation is 1. The van der Waals surface area contributed by atoms with Crippen molar-refractivity contribution in [1.29, 1.82) is 0 Å². The average Bonchev–Trinajstić information content (AvgIpc) is 3.00. The molecule has 0 aliphatic heterocycles. The molecule has 0 saturated heterocycles. The van der Waals surface area contributed by atoms with Crippen molar-refractivity contribution in [2.75, 3.05) is 6.26 Å². The van der Waals surface area contributed by atoms with Gasteiger partial charge in [0.25, 0.3) is 0 Å². The predicted molar refractivity (Wildman–Crippen MR) is 96.2 cm³/mol. The van der Waals surface area contributed by atoms with Crippen LogP contribution in [0.15, 0.2) is 47.4 Å². The van der Waals surface area contributed by atoms with Crippen LogP contribution < -0.4 is 0 Å². The number of hydrogen-bond donors (Lipinski definition) is 0. The van der Waals surface area contributed by atoms with Crippen molar-refractivity contribution in [3.05, 3.63) is 75.8 Å². The van der Waals surface area contributed by atoms with Crippen molar-refractivity contribution < 1.29 is 17.2 Å². The van der Waals surface area contributed by atoms with Crippen LogP contribution in [0.4, 0.5) is 8.78 Å². The summed E-state index contributed by atoms with van der Waals surface area (Å²) in [7, 11) is -3.83. The minimum absolute atomic E-state index is 0.0671. The number of allylic oxidation sites excluding steroid dienone is 4. The molecule has 0 radical (unpaired) electrons. The molecule has 3 rings (SSSR count). The monoisotopic (exact) mass is 380 g/mol. The van der Waals surface area contributed by atoms with Gasteiger partial charge >= 0.3 is 0 Å². The van der Waals surface area contributed by atoms with Crippen molar-refractivity contribution in [2.45, 2.75) is 18.2 Å². The summed E-state index contributed by atoms with van der Waals surface area (Å²) >= 11 is 6.05. The molecule has 1 aliphatic rings. The summed E-state index contributed by atoms with van der Waals surface area (Å²) in [5.41, 5.74) is 3.17. The van der Waals surface area contributed by atoms with E-state index in [1.54, 1.807) is 6.07 Å². The minimum Gasteiger partial charge on any atom is -0.224 e.